The Morgan fingerprint density at radius 3 is 1.48 bits per heavy atom. The first-order valence-corrected chi connectivity index (χ1v) is 9.77. The molecule has 1 saturated heterocycles. The number of para-hydroxylation sites is 1. The van der Waals surface area contributed by atoms with Crippen LogP contribution in [0.3, 0.4) is 0 Å². The molecule has 1 aliphatic heterocycles. The second-order valence-corrected chi connectivity index (χ2v) is 7.06. The Bertz CT molecular complexity index is 902. The fourth-order valence-electron chi connectivity index (χ4n) is 3.36. The van der Waals surface area contributed by atoms with E-state index in [2.05, 4.69) is 39.0 Å². The van der Waals surface area contributed by atoms with E-state index in [1.807, 2.05) is 54.6 Å². The molecule has 29 heavy (non-hydrogen) atoms. The smallest absolute Gasteiger partial charge is 0.183 e. The van der Waals surface area contributed by atoms with Crippen LogP contribution in [0.4, 0.5) is 17.1 Å². The van der Waals surface area contributed by atoms with Crippen molar-refractivity contribution in [2.24, 2.45) is 0 Å². The van der Waals surface area contributed by atoms with Crippen LogP contribution in [-0.4, -0.2) is 32.7 Å². The van der Waals surface area contributed by atoms with E-state index in [-0.39, 0.29) is 0 Å². The zero-order chi connectivity index (χ0) is 20.2. The monoisotopic (exact) mass is 405 g/mol. The first kappa shape index (κ1) is 19.1. The van der Waals surface area contributed by atoms with Gasteiger partial charge in [-0.3, -0.25) is 0 Å². The van der Waals surface area contributed by atoms with Crippen molar-refractivity contribution in [3.05, 3.63) is 78.9 Å². The maximum absolute atomic E-state index is 5.90. The third-order valence-electron chi connectivity index (χ3n) is 4.98. The predicted molar refractivity (Wildman–Crippen MR) is 122 cm³/mol. The molecule has 0 unspecified atom stereocenters. The van der Waals surface area contributed by atoms with E-state index in [1.165, 1.54) is 0 Å². The molecular weight excluding hydrogens is 382 g/mol. The lowest BCUT2D eigenvalue weighted by molar-refractivity contribution is 0.415. The van der Waals surface area contributed by atoms with Gasteiger partial charge in [-0.25, -0.2) is 0 Å². The van der Waals surface area contributed by atoms with E-state index in [0.29, 0.717) is 13.3 Å². The lowest BCUT2D eigenvalue weighted by Crippen LogP contribution is -2.58. The summed E-state index contributed by atoms with van der Waals surface area (Å²) in [7, 11) is 3.34. The van der Waals surface area contributed by atoms with Crippen molar-refractivity contribution < 1.29 is 9.47 Å². The van der Waals surface area contributed by atoms with E-state index < -0.39 is 0 Å². The largest absolute Gasteiger partial charge is 0.497 e. The highest BCUT2D eigenvalue weighted by molar-refractivity contribution is 7.80. The molecule has 1 fully saturated rings. The van der Waals surface area contributed by atoms with Gasteiger partial charge in [-0.2, -0.15) is 0 Å². The van der Waals surface area contributed by atoms with Gasteiger partial charge >= 0.3 is 0 Å². The Labute approximate surface area is 176 Å². The van der Waals surface area contributed by atoms with Crippen molar-refractivity contribution in [1.29, 1.82) is 0 Å². The van der Waals surface area contributed by atoms with Crippen molar-refractivity contribution in [2.45, 2.75) is 0 Å². The molecular formula is C23H23N3O2S. The highest BCUT2D eigenvalue weighted by Gasteiger charge is 2.29. The summed E-state index contributed by atoms with van der Waals surface area (Å²) in [6.45, 7) is 1.34. The minimum atomic E-state index is 0.668. The average molecular weight is 406 g/mol. The van der Waals surface area contributed by atoms with Crippen LogP contribution in [0.15, 0.2) is 78.9 Å². The van der Waals surface area contributed by atoms with Gasteiger partial charge in [0.2, 0.25) is 0 Å². The van der Waals surface area contributed by atoms with Gasteiger partial charge in [0.25, 0.3) is 0 Å². The number of methoxy groups -OCH3 is 2. The molecule has 0 saturated carbocycles. The molecule has 148 valence electrons. The second-order valence-electron chi connectivity index (χ2n) is 6.69. The molecule has 0 amide bonds. The molecule has 5 nitrogen and oxygen atoms in total. The van der Waals surface area contributed by atoms with E-state index in [1.54, 1.807) is 14.2 Å². The highest BCUT2D eigenvalue weighted by Crippen LogP contribution is 2.30. The normalized spacial score (nSPS) is 14.1. The summed E-state index contributed by atoms with van der Waals surface area (Å²) in [6.07, 6.45) is 0. The van der Waals surface area contributed by atoms with Crippen LogP contribution in [-0.2, 0) is 0 Å². The molecule has 4 rings (SSSR count). The molecule has 1 heterocycles. The Hall–Kier alpha value is -3.25. The van der Waals surface area contributed by atoms with Gasteiger partial charge in [-0.05, 0) is 72.9 Å². The molecule has 3 aromatic rings. The van der Waals surface area contributed by atoms with Gasteiger partial charge < -0.3 is 24.2 Å². The Morgan fingerprint density at radius 1 is 0.621 bits per heavy atom. The van der Waals surface area contributed by atoms with Gasteiger partial charge in [0.15, 0.2) is 5.11 Å². The van der Waals surface area contributed by atoms with E-state index in [0.717, 1.165) is 33.7 Å². The number of rotatable bonds is 5. The summed E-state index contributed by atoms with van der Waals surface area (Å²) in [5, 5.41) is 0.757. The second kappa shape index (κ2) is 8.41. The lowest BCUT2D eigenvalue weighted by atomic mass is 10.2. The molecule has 0 spiro atoms. The molecule has 1 aliphatic rings. The summed E-state index contributed by atoms with van der Waals surface area (Å²) in [5.74, 6) is 1.65. The van der Waals surface area contributed by atoms with Gasteiger partial charge in [0, 0.05) is 17.1 Å². The first-order valence-electron chi connectivity index (χ1n) is 9.37. The molecule has 0 aliphatic carbocycles. The van der Waals surface area contributed by atoms with E-state index in [9.17, 15) is 0 Å². The fraction of sp³-hybridized carbons (Fsp3) is 0.174. The molecule has 0 bridgehead atoms. The summed E-state index contributed by atoms with van der Waals surface area (Å²) in [5.41, 5.74) is 3.19. The summed E-state index contributed by atoms with van der Waals surface area (Å²) in [6, 6.07) is 26.3. The maximum Gasteiger partial charge on any atom is 0.183 e. The minimum absolute atomic E-state index is 0.668. The summed E-state index contributed by atoms with van der Waals surface area (Å²) in [4.78, 5) is 6.56. The average Bonchev–Trinajstić information content (AvgIpc) is 2.80. The number of hydrogen-bond acceptors (Lipinski definition) is 4. The van der Waals surface area contributed by atoms with Crippen molar-refractivity contribution >= 4 is 34.4 Å². The van der Waals surface area contributed by atoms with E-state index in [4.69, 9.17) is 21.7 Å². The molecule has 6 heteroatoms. The predicted octanol–water partition coefficient (Wildman–Crippen LogP) is 4.74. The lowest BCUT2D eigenvalue weighted by Gasteiger charge is -2.45. The van der Waals surface area contributed by atoms with Crippen LogP contribution in [0.5, 0.6) is 11.5 Å². The number of hydrogen-bond donors (Lipinski definition) is 0. The zero-order valence-electron chi connectivity index (χ0n) is 16.5. The number of ether oxygens (including phenoxy) is 2. The number of anilines is 3. The van der Waals surface area contributed by atoms with Gasteiger partial charge in [-0.15, -0.1) is 0 Å². The third-order valence-corrected chi connectivity index (χ3v) is 5.42. The Balaban J connectivity index is 1.70. The van der Waals surface area contributed by atoms with Crippen molar-refractivity contribution in [2.75, 3.05) is 42.3 Å². The summed E-state index contributed by atoms with van der Waals surface area (Å²) >= 11 is 5.90. The van der Waals surface area contributed by atoms with Gasteiger partial charge in [0.1, 0.15) is 11.5 Å². The number of benzene rings is 3. The van der Waals surface area contributed by atoms with Crippen LogP contribution in [0.1, 0.15) is 0 Å². The van der Waals surface area contributed by atoms with Gasteiger partial charge in [0.05, 0.1) is 27.6 Å². The van der Waals surface area contributed by atoms with Crippen LogP contribution in [0.25, 0.3) is 0 Å². The van der Waals surface area contributed by atoms with Crippen molar-refractivity contribution in [1.82, 2.24) is 0 Å². The summed E-state index contributed by atoms with van der Waals surface area (Å²) < 4.78 is 10.6. The Kier molecular flexibility index (Phi) is 5.53. The van der Waals surface area contributed by atoms with Crippen LogP contribution in [0, 0.1) is 0 Å². The molecule has 0 N–H and O–H groups in total. The number of thiocarbonyl (C=S) groups is 1. The quantitative estimate of drug-likeness (QED) is 0.570. The SMILES string of the molecule is COc1ccc(N2CN(c3ccccc3)CN(c3ccc(OC)cc3)C2=S)cc1. The molecule has 0 atom stereocenters. The topological polar surface area (TPSA) is 28.2 Å². The highest BCUT2D eigenvalue weighted by atomic mass is 32.1. The van der Waals surface area contributed by atoms with Crippen LogP contribution < -0.4 is 24.2 Å². The van der Waals surface area contributed by atoms with Crippen molar-refractivity contribution in [3.63, 3.8) is 0 Å². The van der Waals surface area contributed by atoms with Crippen molar-refractivity contribution in [3.8, 4) is 11.5 Å². The van der Waals surface area contributed by atoms with Gasteiger partial charge in [-0.1, -0.05) is 18.2 Å². The molecule has 3 aromatic carbocycles. The molecule has 0 radical (unpaired) electrons. The Morgan fingerprint density at radius 2 is 1.07 bits per heavy atom. The first-order chi connectivity index (χ1) is 14.2. The third kappa shape index (κ3) is 3.98. The van der Waals surface area contributed by atoms with Crippen LogP contribution >= 0.6 is 12.2 Å². The fourth-order valence-corrected chi connectivity index (χ4v) is 3.69. The standard InChI is InChI=1S/C23H23N3O2S/c1-27-21-12-8-19(9-13-21)25-16-24(18-6-4-3-5-7-18)17-26(23(25)29)20-10-14-22(28-2)15-11-20/h3-15H,16-17H2,1-2H3. The van der Waals surface area contributed by atoms with Crippen LogP contribution in [0.2, 0.25) is 0 Å². The molecule has 0 aromatic heterocycles. The van der Waals surface area contributed by atoms with E-state index >= 15 is 0 Å². The maximum atomic E-state index is 5.90. The zero-order valence-corrected chi connectivity index (χ0v) is 17.3. The minimum Gasteiger partial charge on any atom is -0.497 e. The number of nitrogens with zero attached hydrogens (tertiary/aromatic N) is 3.